The second-order valence-corrected chi connectivity index (χ2v) is 6.70. The van der Waals surface area contributed by atoms with E-state index in [1.54, 1.807) is 12.1 Å². The lowest BCUT2D eigenvalue weighted by Crippen LogP contribution is -2.14. The quantitative estimate of drug-likeness (QED) is 0.880. The number of aryl methyl sites for hydroxylation is 1. The zero-order valence-electron chi connectivity index (χ0n) is 13.1. The molecule has 6 nitrogen and oxygen atoms in total. The number of rotatable bonds is 5. The second-order valence-electron chi connectivity index (χ2n) is 5.01. The molecule has 0 bridgehead atoms. The van der Waals surface area contributed by atoms with E-state index >= 15 is 0 Å². The largest absolute Gasteiger partial charge is 0.495 e. The number of ether oxygens (including phenoxy) is 1. The van der Waals surface area contributed by atoms with Gasteiger partial charge in [0.2, 0.25) is 5.91 Å². The van der Waals surface area contributed by atoms with Crippen molar-refractivity contribution < 1.29 is 17.9 Å². The highest BCUT2D eigenvalue weighted by Crippen LogP contribution is 2.28. The molecule has 23 heavy (non-hydrogen) atoms. The molecule has 0 aliphatic carbocycles. The first-order chi connectivity index (χ1) is 10.8. The van der Waals surface area contributed by atoms with Gasteiger partial charge in [-0.2, -0.15) is 0 Å². The second kappa shape index (κ2) is 6.70. The van der Waals surface area contributed by atoms with Crippen molar-refractivity contribution >= 4 is 27.3 Å². The fraction of sp³-hybridized carbons (Fsp3) is 0.188. The molecule has 0 aliphatic heterocycles. The van der Waals surface area contributed by atoms with Gasteiger partial charge in [0.25, 0.3) is 10.0 Å². The van der Waals surface area contributed by atoms with Gasteiger partial charge < -0.3 is 10.1 Å². The molecule has 7 heteroatoms. The van der Waals surface area contributed by atoms with Gasteiger partial charge >= 0.3 is 0 Å². The Balaban J connectivity index is 2.28. The number of sulfonamides is 1. The molecule has 1 amide bonds. The van der Waals surface area contributed by atoms with Gasteiger partial charge in [-0.05, 0) is 48.9 Å². The maximum Gasteiger partial charge on any atom is 0.262 e. The lowest BCUT2D eigenvalue weighted by molar-refractivity contribution is -0.114. The van der Waals surface area contributed by atoms with Gasteiger partial charge in [-0.3, -0.25) is 9.52 Å². The number of carbonyl (C=O) groups excluding carboxylic acids is 1. The normalized spacial score (nSPS) is 10.9. The average Bonchev–Trinajstić information content (AvgIpc) is 2.47. The number of benzene rings is 2. The number of carbonyl (C=O) groups is 1. The summed E-state index contributed by atoms with van der Waals surface area (Å²) in [6.45, 7) is 3.25. The molecule has 122 valence electrons. The van der Waals surface area contributed by atoms with E-state index in [1.807, 2.05) is 13.0 Å². The van der Waals surface area contributed by atoms with Crippen LogP contribution in [0.1, 0.15) is 12.5 Å². The van der Waals surface area contributed by atoms with Crippen LogP contribution in [0.5, 0.6) is 5.75 Å². The Labute approximate surface area is 135 Å². The Kier molecular flexibility index (Phi) is 4.90. The van der Waals surface area contributed by atoms with E-state index in [1.165, 1.54) is 38.3 Å². The van der Waals surface area contributed by atoms with Crippen LogP contribution in [0.25, 0.3) is 0 Å². The van der Waals surface area contributed by atoms with E-state index in [2.05, 4.69) is 10.0 Å². The van der Waals surface area contributed by atoms with Crippen LogP contribution in [0.2, 0.25) is 0 Å². The maximum absolute atomic E-state index is 12.5. The zero-order chi connectivity index (χ0) is 17.0. The Hall–Kier alpha value is -2.54. The molecule has 0 aliphatic rings. The minimum Gasteiger partial charge on any atom is -0.495 e. The van der Waals surface area contributed by atoms with Crippen LogP contribution in [-0.2, 0) is 14.8 Å². The fourth-order valence-electron chi connectivity index (χ4n) is 2.03. The van der Waals surface area contributed by atoms with Gasteiger partial charge in [-0.15, -0.1) is 0 Å². The smallest absolute Gasteiger partial charge is 0.262 e. The van der Waals surface area contributed by atoms with Crippen LogP contribution >= 0.6 is 0 Å². The molecule has 0 atom stereocenters. The molecular weight excluding hydrogens is 316 g/mol. The highest BCUT2D eigenvalue weighted by Gasteiger charge is 2.16. The van der Waals surface area contributed by atoms with E-state index < -0.39 is 10.0 Å². The van der Waals surface area contributed by atoms with Gasteiger partial charge in [-0.1, -0.05) is 6.07 Å². The summed E-state index contributed by atoms with van der Waals surface area (Å²) in [5.74, 6) is 0.220. The minimum absolute atomic E-state index is 0.0927. The molecule has 2 aromatic rings. The van der Waals surface area contributed by atoms with Crippen LogP contribution < -0.4 is 14.8 Å². The van der Waals surface area contributed by atoms with Crippen LogP contribution in [0.4, 0.5) is 11.4 Å². The highest BCUT2D eigenvalue weighted by atomic mass is 32.2. The average molecular weight is 334 g/mol. The molecule has 2 N–H and O–H groups in total. The first kappa shape index (κ1) is 16.8. The Morgan fingerprint density at radius 1 is 1.09 bits per heavy atom. The molecule has 2 rings (SSSR count). The maximum atomic E-state index is 12.5. The minimum atomic E-state index is -3.75. The first-order valence-corrected chi connectivity index (χ1v) is 8.35. The zero-order valence-corrected chi connectivity index (χ0v) is 13.9. The summed E-state index contributed by atoms with van der Waals surface area (Å²) in [4.78, 5) is 11.1. The van der Waals surface area contributed by atoms with Crippen molar-refractivity contribution in [3.05, 3.63) is 48.0 Å². The molecule has 0 aromatic heterocycles. The Bertz CT molecular complexity index is 814. The summed E-state index contributed by atoms with van der Waals surface area (Å²) in [5, 5.41) is 2.58. The molecular formula is C16H18N2O4S. The summed E-state index contributed by atoms with van der Waals surface area (Å²) in [7, 11) is -2.27. The third-order valence-electron chi connectivity index (χ3n) is 3.08. The van der Waals surface area contributed by atoms with Crippen molar-refractivity contribution in [3.63, 3.8) is 0 Å². The summed E-state index contributed by atoms with van der Waals surface area (Å²) in [6.07, 6.45) is 0. The lowest BCUT2D eigenvalue weighted by atomic mass is 10.2. The number of methoxy groups -OCH3 is 1. The molecule has 0 heterocycles. The van der Waals surface area contributed by atoms with Crippen LogP contribution in [0.15, 0.2) is 47.4 Å². The monoisotopic (exact) mass is 334 g/mol. The van der Waals surface area contributed by atoms with Gasteiger partial charge in [0, 0.05) is 12.6 Å². The lowest BCUT2D eigenvalue weighted by Gasteiger charge is -2.13. The number of amides is 1. The van der Waals surface area contributed by atoms with Crippen molar-refractivity contribution in [3.8, 4) is 5.75 Å². The number of hydrogen-bond acceptors (Lipinski definition) is 4. The third kappa shape index (κ3) is 4.23. The van der Waals surface area contributed by atoms with Gasteiger partial charge in [0.05, 0.1) is 17.7 Å². The Morgan fingerprint density at radius 3 is 2.30 bits per heavy atom. The predicted molar refractivity (Wildman–Crippen MR) is 89.3 cm³/mol. The number of anilines is 2. The molecule has 0 saturated carbocycles. The standard InChI is InChI=1S/C16H18N2O4S/c1-11-4-9-16(22-3)15(10-11)18-23(20,21)14-7-5-13(6-8-14)17-12(2)19/h4-10,18H,1-3H3,(H,17,19). The van der Waals surface area contributed by atoms with Crippen LogP contribution in [-0.4, -0.2) is 21.4 Å². The summed E-state index contributed by atoms with van der Waals surface area (Å²) in [5.41, 5.74) is 1.81. The van der Waals surface area contributed by atoms with E-state index in [-0.39, 0.29) is 10.8 Å². The molecule has 0 saturated heterocycles. The molecule has 0 spiro atoms. The molecule has 0 radical (unpaired) electrons. The van der Waals surface area contributed by atoms with E-state index in [0.29, 0.717) is 17.1 Å². The highest BCUT2D eigenvalue weighted by molar-refractivity contribution is 7.92. The van der Waals surface area contributed by atoms with E-state index in [4.69, 9.17) is 4.74 Å². The topological polar surface area (TPSA) is 84.5 Å². The van der Waals surface area contributed by atoms with Gasteiger partial charge in [0.1, 0.15) is 5.75 Å². The molecule has 2 aromatic carbocycles. The van der Waals surface area contributed by atoms with Gasteiger partial charge in [-0.25, -0.2) is 8.42 Å². The molecule has 0 fully saturated rings. The van der Waals surface area contributed by atoms with Crippen LogP contribution in [0, 0.1) is 6.92 Å². The van der Waals surface area contributed by atoms with E-state index in [9.17, 15) is 13.2 Å². The summed E-state index contributed by atoms with van der Waals surface area (Å²) >= 11 is 0. The van der Waals surface area contributed by atoms with E-state index in [0.717, 1.165) is 5.56 Å². The SMILES string of the molecule is COc1ccc(C)cc1NS(=O)(=O)c1ccc(NC(C)=O)cc1. The summed E-state index contributed by atoms with van der Waals surface area (Å²) < 4.78 is 32.6. The summed E-state index contributed by atoms with van der Waals surface area (Å²) in [6, 6.07) is 11.1. The van der Waals surface area contributed by atoms with Gasteiger partial charge in [0.15, 0.2) is 0 Å². The number of nitrogens with one attached hydrogen (secondary N) is 2. The van der Waals surface area contributed by atoms with Crippen molar-refractivity contribution in [1.29, 1.82) is 0 Å². The van der Waals surface area contributed by atoms with Crippen LogP contribution in [0.3, 0.4) is 0 Å². The number of hydrogen-bond donors (Lipinski definition) is 2. The fourth-order valence-corrected chi connectivity index (χ4v) is 3.09. The molecule has 0 unspecified atom stereocenters. The van der Waals surface area contributed by atoms with Crippen molar-refractivity contribution in [2.24, 2.45) is 0 Å². The third-order valence-corrected chi connectivity index (χ3v) is 4.47. The van der Waals surface area contributed by atoms with Crippen molar-refractivity contribution in [1.82, 2.24) is 0 Å². The van der Waals surface area contributed by atoms with Crippen molar-refractivity contribution in [2.75, 3.05) is 17.1 Å². The first-order valence-electron chi connectivity index (χ1n) is 6.87. The Morgan fingerprint density at radius 2 is 1.74 bits per heavy atom. The van der Waals surface area contributed by atoms with Crippen molar-refractivity contribution in [2.45, 2.75) is 18.7 Å². The predicted octanol–water partition coefficient (Wildman–Crippen LogP) is 2.76.